The van der Waals surface area contributed by atoms with Gasteiger partial charge in [-0.1, -0.05) is 17.7 Å². The van der Waals surface area contributed by atoms with Crippen LogP contribution in [0.15, 0.2) is 23.3 Å². The SMILES string of the molecule is N/N=C(\N)c1c(F)cccc1Cl. The van der Waals surface area contributed by atoms with Crippen molar-refractivity contribution >= 4 is 17.4 Å². The van der Waals surface area contributed by atoms with E-state index in [1.54, 1.807) is 0 Å². The summed E-state index contributed by atoms with van der Waals surface area (Å²) in [6, 6.07) is 4.22. The van der Waals surface area contributed by atoms with Crippen molar-refractivity contribution in [3.8, 4) is 0 Å². The predicted molar refractivity (Wildman–Crippen MR) is 46.3 cm³/mol. The van der Waals surface area contributed by atoms with E-state index in [4.69, 9.17) is 23.2 Å². The van der Waals surface area contributed by atoms with Gasteiger partial charge in [0.15, 0.2) is 5.84 Å². The molecule has 0 aliphatic carbocycles. The van der Waals surface area contributed by atoms with E-state index in [9.17, 15) is 4.39 Å². The van der Waals surface area contributed by atoms with Crippen molar-refractivity contribution in [1.29, 1.82) is 0 Å². The summed E-state index contributed by atoms with van der Waals surface area (Å²) in [7, 11) is 0. The van der Waals surface area contributed by atoms with E-state index >= 15 is 0 Å². The van der Waals surface area contributed by atoms with E-state index < -0.39 is 5.82 Å². The fourth-order valence-electron chi connectivity index (χ4n) is 0.807. The van der Waals surface area contributed by atoms with Crippen molar-refractivity contribution in [2.24, 2.45) is 16.7 Å². The van der Waals surface area contributed by atoms with E-state index in [0.717, 1.165) is 0 Å². The van der Waals surface area contributed by atoms with Crippen LogP contribution >= 0.6 is 11.6 Å². The van der Waals surface area contributed by atoms with Crippen molar-refractivity contribution < 1.29 is 4.39 Å². The molecule has 4 N–H and O–H groups in total. The Balaban J connectivity index is 3.31. The third kappa shape index (κ3) is 1.48. The Labute approximate surface area is 73.8 Å². The number of hydrogen-bond donors (Lipinski definition) is 2. The van der Waals surface area contributed by atoms with Crippen LogP contribution in [-0.2, 0) is 0 Å². The first-order chi connectivity index (χ1) is 5.66. The van der Waals surface area contributed by atoms with Crippen molar-refractivity contribution in [3.05, 3.63) is 34.6 Å². The lowest BCUT2D eigenvalue weighted by Crippen LogP contribution is -2.17. The molecule has 0 saturated heterocycles. The normalized spacial score (nSPS) is 11.7. The monoisotopic (exact) mass is 187 g/mol. The van der Waals surface area contributed by atoms with Crippen LogP contribution in [0.1, 0.15) is 5.56 Å². The Morgan fingerprint density at radius 1 is 1.50 bits per heavy atom. The second-order valence-electron chi connectivity index (χ2n) is 2.11. The molecular formula is C7H7ClFN3. The molecule has 0 aliphatic heterocycles. The number of nitrogens with two attached hydrogens (primary N) is 2. The first kappa shape index (κ1) is 8.80. The van der Waals surface area contributed by atoms with Gasteiger partial charge < -0.3 is 11.6 Å². The van der Waals surface area contributed by atoms with Crippen LogP contribution in [0.4, 0.5) is 4.39 Å². The van der Waals surface area contributed by atoms with Crippen molar-refractivity contribution in [2.75, 3.05) is 0 Å². The molecule has 0 spiro atoms. The number of benzene rings is 1. The maximum Gasteiger partial charge on any atom is 0.154 e. The minimum atomic E-state index is -0.533. The van der Waals surface area contributed by atoms with Crippen LogP contribution < -0.4 is 11.6 Å². The van der Waals surface area contributed by atoms with Crippen LogP contribution in [0.3, 0.4) is 0 Å². The summed E-state index contributed by atoms with van der Waals surface area (Å²) in [5, 5.41) is 3.35. The van der Waals surface area contributed by atoms with E-state index in [2.05, 4.69) is 5.10 Å². The third-order valence-corrected chi connectivity index (χ3v) is 1.67. The molecule has 12 heavy (non-hydrogen) atoms. The largest absolute Gasteiger partial charge is 0.382 e. The fraction of sp³-hybridized carbons (Fsp3) is 0. The molecule has 3 nitrogen and oxygen atoms in total. The van der Waals surface area contributed by atoms with Crippen molar-refractivity contribution in [1.82, 2.24) is 0 Å². The zero-order chi connectivity index (χ0) is 9.14. The Morgan fingerprint density at radius 3 is 2.67 bits per heavy atom. The van der Waals surface area contributed by atoms with Gasteiger partial charge in [0.2, 0.25) is 0 Å². The lowest BCUT2D eigenvalue weighted by molar-refractivity contribution is 0.625. The highest BCUT2D eigenvalue weighted by atomic mass is 35.5. The van der Waals surface area contributed by atoms with Gasteiger partial charge in [-0.15, -0.1) is 0 Å². The van der Waals surface area contributed by atoms with Gasteiger partial charge in [0.25, 0.3) is 0 Å². The summed E-state index contributed by atoms with van der Waals surface area (Å²) in [5.74, 6) is 4.23. The van der Waals surface area contributed by atoms with Crippen LogP contribution in [0.2, 0.25) is 5.02 Å². The standard InChI is InChI=1S/C7H7ClFN3/c8-4-2-1-3-5(9)6(4)7(10)12-11/h1-3H,11H2,(H2,10,12). The molecule has 0 saturated carbocycles. The Kier molecular flexibility index (Phi) is 2.50. The molecule has 64 valence electrons. The molecule has 1 rings (SSSR count). The number of halogens is 2. The summed E-state index contributed by atoms with van der Waals surface area (Å²) in [6.07, 6.45) is 0. The molecule has 0 atom stereocenters. The number of rotatable bonds is 1. The van der Waals surface area contributed by atoms with E-state index in [1.165, 1.54) is 18.2 Å². The van der Waals surface area contributed by atoms with E-state index in [1.807, 2.05) is 0 Å². The average Bonchev–Trinajstić information content (AvgIpc) is 2.03. The lowest BCUT2D eigenvalue weighted by atomic mass is 10.2. The van der Waals surface area contributed by atoms with Gasteiger partial charge in [-0.25, -0.2) is 4.39 Å². The molecule has 0 aliphatic rings. The van der Waals surface area contributed by atoms with Gasteiger partial charge in [-0.05, 0) is 12.1 Å². The smallest absolute Gasteiger partial charge is 0.154 e. The maximum atomic E-state index is 13.0. The lowest BCUT2D eigenvalue weighted by Gasteiger charge is -2.02. The molecule has 0 bridgehead atoms. The number of hydrazone groups is 1. The molecule has 1 aromatic rings. The molecular weight excluding hydrogens is 181 g/mol. The molecule has 0 heterocycles. The average molecular weight is 188 g/mol. The van der Waals surface area contributed by atoms with Gasteiger partial charge in [0.1, 0.15) is 5.82 Å². The Morgan fingerprint density at radius 2 is 2.17 bits per heavy atom. The molecule has 0 unspecified atom stereocenters. The van der Waals surface area contributed by atoms with Gasteiger partial charge in [-0.3, -0.25) is 0 Å². The van der Waals surface area contributed by atoms with Crippen LogP contribution in [0.5, 0.6) is 0 Å². The number of hydrogen-bond acceptors (Lipinski definition) is 2. The molecule has 0 aromatic heterocycles. The molecule has 5 heteroatoms. The summed E-state index contributed by atoms with van der Waals surface area (Å²) in [5.41, 5.74) is 5.34. The minimum Gasteiger partial charge on any atom is -0.382 e. The summed E-state index contributed by atoms with van der Waals surface area (Å²) in [6.45, 7) is 0. The summed E-state index contributed by atoms with van der Waals surface area (Å²) >= 11 is 5.65. The first-order valence-corrected chi connectivity index (χ1v) is 3.52. The Hall–Kier alpha value is -1.29. The van der Waals surface area contributed by atoms with Crippen LogP contribution in [0.25, 0.3) is 0 Å². The second-order valence-corrected chi connectivity index (χ2v) is 2.52. The highest BCUT2D eigenvalue weighted by molar-refractivity contribution is 6.34. The number of nitrogens with zero attached hydrogens (tertiary/aromatic N) is 1. The first-order valence-electron chi connectivity index (χ1n) is 3.14. The summed E-state index contributed by atoms with van der Waals surface area (Å²) in [4.78, 5) is 0. The fourth-order valence-corrected chi connectivity index (χ4v) is 1.07. The Bertz CT molecular complexity index is 304. The van der Waals surface area contributed by atoms with Gasteiger partial charge in [-0.2, -0.15) is 5.10 Å². The second kappa shape index (κ2) is 3.40. The van der Waals surface area contributed by atoms with Crippen LogP contribution in [-0.4, -0.2) is 5.84 Å². The van der Waals surface area contributed by atoms with E-state index in [-0.39, 0.29) is 16.4 Å². The highest BCUT2D eigenvalue weighted by Gasteiger charge is 2.09. The molecule has 1 aromatic carbocycles. The van der Waals surface area contributed by atoms with Gasteiger partial charge >= 0.3 is 0 Å². The van der Waals surface area contributed by atoms with Gasteiger partial charge in [0.05, 0.1) is 10.6 Å². The van der Waals surface area contributed by atoms with Gasteiger partial charge in [0, 0.05) is 0 Å². The third-order valence-electron chi connectivity index (χ3n) is 1.36. The molecule has 0 radical (unpaired) electrons. The zero-order valence-corrected chi connectivity index (χ0v) is 6.85. The maximum absolute atomic E-state index is 13.0. The minimum absolute atomic E-state index is 0.0432. The van der Waals surface area contributed by atoms with Crippen molar-refractivity contribution in [3.63, 3.8) is 0 Å². The predicted octanol–water partition coefficient (Wildman–Crippen LogP) is 1.06. The van der Waals surface area contributed by atoms with Crippen molar-refractivity contribution in [2.45, 2.75) is 0 Å². The highest BCUT2D eigenvalue weighted by Crippen LogP contribution is 2.17. The zero-order valence-electron chi connectivity index (χ0n) is 6.09. The molecule has 0 fully saturated rings. The topological polar surface area (TPSA) is 64.4 Å². The number of amidine groups is 1. The molecule has 0 amide bonds. The quantitative estimate of drug-likeness (QED) is 0.299. The summed E-state index contributed by atoms with van der Waals surface area (Å²) < 4.78 is 13.0. The van der Waals surface area contributed by atoms with E-state index in [0.29, 0.717) is 0 Å². The van der Waals surface area contributed by atoms with Crippen LogP contribution in [0, 0.1) is 5.82 Å².